The number of rotatable bonds is 2. The zero-order chi connectivity index (χ0) is 11.5. The third-order valence-corrected chi connectivity index (χ3v) is 2.92. The summed E-state index contributed by atoms with van der Waals surface area (Å²) in [4.78, 5) is 20.1. The number of pyridine rings is 1. The van der Waals surface area contributed by atoms with Gasteiger partial charge in [0, 0.05) is 33.1 Å². The topological polar surface area (TPSA) is 36.4 Å². The quantitative estimate of drug-likeness (QED) is 0.696. The molecule has 1 aromatic heterocycles. The Balaban J connectivity index is 2.14. The van der Waals surface area contributed by atoms with Gasteiger partial charge in [0.05, 0.1) is 0 Å². The zero-order valence-electron chi connectivity index (χ0n) is 9.81. The van der Waals surface area contributed by atoms with Crippen molar-refractivity contribution in [3.8, 4) is 0 Å². The molecule has 1 saturated heterocycles. The average Bonchev–Trinajstić information content (AvgIpc) is 2.30. The van der Waals surface area contributed by atoms with Crippen molar-refractivity contribution in [1.29, 1.82) is 0 Å². The Labute approximate surface area is 95.9 Å². The van der Waals surface area contributed by atoms with Gasteiger partial charge in [-0.2, -0.15) is 0 Å². The van der Waals surface area contributed by atoms with Crippen LogP contribution in [0.1, 0.15) is 17.4 Å². The molecule has 4 heteroatoms. The Kier molecular flexibility index (Phi) is 3.19. The normalized spacial score (nSPS) is 17.5. The molecule has 16 heavy (non-hydrogen) atoms. The molecular formula is C12H17N3O. The maximum atomic E-state index is 11.2. The van der Waals surface area contributed by atoms with Crippen molar-refractivity contribution in [2.45, 2.75) is 6.92 Å². The molecule has 0 saturated carbocycles. The lowest BCUT2D eigenvalue weighted by molar-refractivity contribution is 0.101. The van der Waals surface area contributed by atoms with E-state index in [-0.39, 0.29) is 5.78 Å². The van der Waals surface area contributed by atoms with Crippen LogP contribution in [0.2, 0.25) is 0 Å². The predicted octanol–water partition coefficient (Wildman–Crippen LogP) is 1.04. The zero-order valence-corrected chi connectivity index (χ0v) is 9.81. The number of nitrogens with zero attached hydrogens (tertiary/aromatic N) is 3. The Morgan fingerprint density at radius 1 is 1.25 bits per heavy atom. The number of Topliss-reactive ketones (excluding diaryl/α,β-unsaturated/α-hetero) is 1. The van der Waals surface area contributed by atoms with Gasteiger partial charge in [0.2, 0.25) is 0 Å². The minimum absolute atomic E-state index is 0.0241. The minimum Gasteiger partial charge on any atom is -0.354 e. The minimum atomic E-state index is 0.0241. The van der Waals surface area contributed by atoms with Crippen molar-refractivity contribution < 1.29 is 4.79 Å². The number of ketones is 1. The molecule has 0 radical (unpaired) electrons. The van der Waals surface area contributed by atoms with Gasteiger partial charge in [0.25, 0.3) is 0 Å². The number of carbonyl (C=O) groups excluding carboxylic acids is 1. The lowest BCUT2D eigenvalue weighted by Crippen LogP contribution is -2.44. The van der Waals surface area contributed by atoms with Crippen LogP contribution in [0.15, 0.2) is 18.2 Å². The van der Waals surface area contributed by atoms with E-state index in [4.69, 9.17) is 0 Å². The third kappa shape index (κ3) is 2.39. The first-order valence-electron chi connectivity index (χ1n) is 5.58. The van der Waals surface area contributed by atoms with E-state index in [0.717, 1.165) is 32.0 Å². The van der Waals surface area contributed by atoms with Gasteiger partial charge < -0.3 is 9.80 Å². The van der Waals surface area contributed by atoms with Crippen LogP contribution < -0.4 is 4.90 Å². The van der Waals surface area contributed by atoms with Crippen LogP contribution >= 0.6 is 0 Å². The van der Waals surface area contributed by atoms with Gasteiger partial charge in [-0.3, -0.25) is 4.79 Å². The van der Waals surface area contributed by atoms with Crippen LogP contribution in [0.3, 0.4) is 0 Å². The number of piperazine rings is 1. The summed E-state index contributed by atoms with van der Waals surface area (Å²) >= 11 is 0. The molecule has 0 atom stereocenters. The second kappa shape index (κ2) is 4.61. The van der Waals surface area contributed by atoms with Crippen LogP contribution in [0, 0.1) is 0 Å². The van der Waals surface area contributed by atoms with Gasteiger partial charge in [0.15, 0.2) is 5.78 Å². The first kappa shape index (κ1) is 11.1. The summed E-state index contributed by atoms with van der Waals surface area (Å²) in [7, 11) is 2.12. The largest absolute Gasteiger partial charge is 0.354 e. The lowest BCUT2D eigenvalue weighted by atomic mass is 10.2. The maximum absolute atomic E-state index is 11.2. The highest BCUT2D eigenvalue weighted by Crippen LogP contribution is 2.13. The van der Waals surface area contributed by atoms with E-state index < -0.39 is 0 Å². The molecule has 0 aromatic carbocycles. The molecule has 0 aliphatic carbocycles. The van der Waals surface area contributed by atoms with Gasteiger partial charge in [-0.15, -0.1) is 0 Å². The second-order valence-corrected chi connectivity index (χ2v) is 4.23. The number of aromatic nitrogens is 1. The maximum Gasteiger partial charge on any atom is 0.178 e. The number of carbonyl (C=O) groups is 1. The Hall–Kier alpha value is -1.42. The Morgan fingerprint density at radius 2 is 1.94 bits per heavy atom. The molecule has 1 aromatic rings. The van der Waals surface area contributed by atoms with Crippen LogP contribution in [-0.4, -0.2) is 48.9 Å². The first-order chi connectivity index (χ1) is 7.66. The monoisotopic (exact) mass is 219 g/mol. The van der Waals surface area contributed by atoms with E-state index in [1.165, 1.54) is 0 Å². The molecule has 0 bridgehead atoms. The Bertz CT molecular complexity index is 384. The highest BCUT2D eigenvalue weighted by Gasteiger charge is 2.15. The van der Waals surface area contributed by atoms with Gasteiger partial charge in [-0.05, 0) is 19.2 Å². The third-order valence-electron chi connectivity index (χ3n) is 2.92. The van der Waals surface area contributed by atoms with Gasteiger partial charge in [-0.1, -0.05) is 6.07 Å². The smallest absolute Gasteiger partial charge is 0.178 e. The van der Waals surface area contributed by atoms with Gasteiger partial charge in [0.1, 0.15) is 11.5 Å². The molecule has 2 rings (SSSR count). The van der Waals surface area contributed by atoms with Crippen molar-refractivity contribution in [2.75, 3.05) is 38.1 Å². The average molecular weight is 219 g/mol. The summed E-state index contributed by atoms with van der Waals surface area (Å²) in [5, 5.41) is 0. The molecule has 1 aliphatic rings. The summed E-state index contributed by atoms with van der Waals surface area (Å²) in [6.07, 6.45) is 0. The van der Waals surface area contributed by atoms with E-state index in [1.54, 1.807) is 13.0 Å². The van der Waals surface area contributed by atoms with Crippen molar-refractivity contribution in [3.63, 3.8) is 0 Å². The molecule has 4 nitrogen and oxygen atoms in total. The highest BCUT2D eigenvalue weighted by molar-refractivity contribution is 5.92. The van der Waals surface area contributed by atoms with Crippen molar-refractivity contribution in [1.82, 2.24) is 9.88 Å². The fourth-order valence-corrected chi connectivity index (χ4v) is 1.83. The molecule has 2 heterocycles. The van der Waals surface area contributed by atoms with E-state index in [9.17, 15) is 4.79 Å². The molecule has 0 N–H and O–H groups in total. The fourth-order valence-electron chi connectivity index (χ4n) is 1.83. The summed E-state index contributed by atoms with van der Waals surface area (Å²) in [5.74, 6) is 0.941. The molecule has 0 spiro atoms. The lowest BCUT2D eigenvalue weighted by Gasteiger charge is -2.33. The molecule has 1 aliphatic heterocycles. The molecule has 1 fully saturated rings. The van der Waals surface area contributed by atoms with Gasteiger partial charge >= 0.3 is 0 Å². The van der Waals surface area contributed by atoms with E-state index in [2.05, 4.69) is 21.8 Å². The summed E-state index contributed by atoms with van der Waals surface area (Å²) in [6.45, 7) is 5.60. The summed E-state index contributed by atoms with van der Waals surface area (Å²) in [5.41, 5.74) is 0.552. The van der Waals surface area contributed by atoms with Crippen LogP contribution in [0.4, 0.5) is 5.82 Å². The number of likely N-dealkylation sites (N-methyl/N-ethyl adjacent to an activating group) is 1. The highest BCUT2D eigenvalue weighted by atomic mass is 16.1. The molecule has 86 valence electrons. The number of anilines is 1. The molecular weight excluding hydrogens is 202 g/mol. The standard InChI is InChI=1S/C12H17N3O/c1-10(16)11-4-3-5-12(13-11)15-8-6-14(2)7-9-15/h3-5H,6-9H2,1-2H3. The Morgan fingerprint density at radius 3 is 2.56 bits per heavy atom. The van der Waals surface area contributed by atoms with E-state index in [0.29, 0.717) is 5.69 Å². The SMILES string of the molecule is CC(=O)c1cccc(N2CCN(C)CC2)n1. The summed E-state index contributed by atoms with van der Waals surface area (Å²) in [6, 6.07) is 5.64. The van der Waals surface area contributed by atoms with Gasteiger partial charge in [-0.25, -0.2) is 4.98 Å². The van der Waals surface area contributed by atoms with Crippen molar-refractivity contribution in [3.05, 3.63) is 23.9 Å². The first-order valence-corrected chi connectivity index (χ1v) is 5.58. The predicted molar refractivity (Wildman–Crippen MR) is 64.0 cm³/mol. The van der Waals surface area contributed by atoms with Crippen molar-refractivity contribution in [2.24, 2.45) is 0 Å². The second-order valence-electron chi connectivity index (χ2n) is 4.23. The van der Waals surface area contributed by atoms with E-state index >= 15 is 0 Å². The van der Waals surface area contributed by atoms with E-state index in [1.807, 2.05) is 12.1 Å². The van der Waals surface area contributed by atoms with Crippen LogP contribution in [0.25, 0.3) is 0 Å². The number of hydrogen-bond donors (Lipinski definition) is 0. The molecule has 0 unspecified atom stereocenters. The van der Waals surface area contributed by atoms with Crippen molar-refractivity contribution >= 4 is 11.6 Å². The molecule has 0 amide bonds. The van der Waals surface area contributed by atoms with Crippen LogP contribution in [0.5, 0.6) is 0 Å². The summed E-state index contributed by atoms with van der Waals surface area (Å²) < 4.78 is 0. The van der Waals surface area contributed by atoms with Crippen LogP contribution in [-0.2, 0) is 0 Å². The number of hydrogen-bond acceptors (Lipinski definition) is 4. The fraction of sp³-hybridized carbons (Fsp3) is 0.500.